The lowest BCUT2D eigenvalue weighted by atomic mass is 9.93. The maximum Gasteiger partial charge on any atom is 0.245 e. The molecule has 0 saturated carbocycles. The summed E-state index contributed by atoms with van der Waals surface area (Å²) >= 11 is 0. The van der Waals surface area contributed by atoms with E-state index in [-0.39, 0.29) is 24.4 Å². The van der Waals surface area contributed by atoms with E-state index in [1.807, 2.05) is 6.92 Å². The number of carbonyl (C=O) groups is 2. The number of hydrogen-bond donors (Lipinski definition) is 1. The summed E-state index contributed by atoms with van der Waals surface area (Å²) in [4.78, 5) is 28.1. The zero-order chi connectivity index (χ0) is 14.5. The van der Waals surface area contributed by atoms with Crippen molar-refractivity contribution in [1.82, 2.24) is 15.1 Å². The van der Waals surface area contributed by atoms with Crippen molar-refractivity contribution in [2.75, 3.05) is 33.2 Å². The second-order valence-electron chi connectivity index (χ2n) is 6.20. The lowest BCUT2D eigenvalue weighted by Crippen LogP contribution is -2.58. The van der Waals surface area contributed by atoms with Gasteiger partial charge in [0, 0.05) is 6.54 Å². The van der Waals surface area contributed by atoms with Gasteiger partial charge in [-0.25, -0.2) is 0 Å². The quantitative estimate of drug-likeness (QED) is 0.812. The van der Waals surface area contributed by atoms with E-state index in [1.54, 1.807) is 4.90 Å². The molecule has 2 saturated heterocycles. The van der Waals surface area contributed by atoms with Gasteiger partial charge in [-0.3, -0.25) is 9.59 Å². The Kier molecular flexibility index (Phi) is 5.40. The monoisotopic (exact) mass is 281 g/mol. The third kappa shape index (κ3) is 3.95. The molecular weight excluding hydrogens is 254 g/mol. The van der Waals surface area contributed by atoms with Gasteiger partial charge in [0.1, 0.15) is 6.04 Å². The number of piperidine rings is 1. The fourth-order valence-electron chi connectivity index (χ4n) is 3.14. The van der Waals surface area contributed by atoms with Gasteiger partial charge in [0.25, 0.3) is 0 Å². The van der Waals surface area contributed by atoms with E-state index in [4.69, 9.17) is 0 Å². The van der Waals surface area contributed by atoms with Crippen molar-refractivity contribution < 1.29 is 9.59 Å². The van der Waals surface area contributed by atoms with Crippen molar-refractivity contribution in [3.63, 3.8) is 0 Å². The van der Waals surface area contributed by atoms with Gasteiger partial charge in [0.2, 0.25) is 11.8 Å². The highest BCUT2D eigenvalue weighted by Gasteiger charge is 2.32. The molecule has 5 nitrogen and oxygen atoms in total. The van der Waals surface area contributed by atoms with Gasteiger partial charge in [0.05, 0.1) is 6.54 Å². The predicted molar refractivity (Wildman–Crippen MR) is 78.3 cm³/mol. The molecule has 5 heteroatoms. The van der Waals surface area contributed by atoms with Crippen LogP contribution >= 0.6 is 0 Å². The Labute approximate surface area is 121 Å². The van der Waals surface area contributed by atoms with Crippen LogP contribution in [-0.2, 0) is 9.59 Å². The molecule has 2 fully saturated rings. The SMILES string of the molecule is CCCC1NC(=O)CN(CCC2CCN(C)CC2)C1=O. The largest absolute Gasteiger partial charge is 0.343 e. The molecule has 20 heavy (non-hydrogen) atoms. The molecule has 1 unspecified atom stereocenters. The molecule has 0 radical (unpaired) electrons. The predicted octanol–water partition coefficient (Wildman–Crippen LogP) is 0.845. The summed E-state index contributed by atoms with van der Waals surface area (Å²) in [6.45, 7) is 5.32. The van der Waals surface area contributed by atoms with Crippen LogP contribution in [-0.4, -0.2) is 60.9 Å². The summed E-state index contributed by atoms with van der Waals surface area (Å²) in [5.41, 5.74) is 0. The van der Waals surface area contributed by atoms with E-state index >= 15 is 0 Å². The molecule has 2 aliphatic rings. The summed E-state index contributed by atoms with van der Waals surface area (Å²) < 4.78 is 0. The van der Waals surface area contributed by atoms with Crippen LogP contribution in [0.15, 0.2) is 0 Å². The Balaban J connectivity index is 1.81. The van der Waals surface area contributed by atoms with Gasteiger partial charge < -0.3 is 15.1 Å². The fraction of sp³-hybridized carbons (Fsp3) is 0.867. The summed E-state index contributed by atoms with van der Waals surface area (Å²) in [5, 5.41) is 2.80. The fourth-order valence-corrected chi connectivity index (χ4v) is 3.14. The Bertz CT molecular complexity index is 351. The Hall–Kier alpha value is -1.10. The number of hydrogen-bond acceptors (Lipinski definition) is 3. The average molecular weight is 281 g/mol. The van der Waals surface area contributed by atoms with Crippen molar-refractivity contribution in [1.29, 1.82) is 0 Å². The summed E-state index contributed by atoms with van der Waals surface area (Å²) in [6.07, 6.45) is 5.12. The van der Waals surface area contributed by atoms with Gasteiger partial charge in [-0.15, -0.1) is 0 Å². The Morgan fingerprint density at radius 2 is 1.90 bits per heavy atom. The number of nitrogens with one attached hydrogen (secondary N) is 1. The van der Waals surface area contributed by atoms with E-state index in [0.717, 1.165) is 38.9 Å². The normalized spacial score (nSPS) is 25.9. The van der Waals surface area contributed by atoms with Crippen LogP contribution in [0.25, 0.3) is 0 Å². The minimum Gasteiger partial charge on any atom is -0.343 e. The number of piperazine rings is 1. The lowest BCUT2D eigenvalue weighted by molar-refractivity contribution is -0.144. The smallest absolute Gasteiger partial charge is 0.245 e. The summed E-state index contributed by atoms with van der Waals surface area (Å²) in [5.74, 6) is 0.805. The number of likely N-dealkylation sites (tertiary alicyclic amines) is 1. The molecule has 2 rings (SSSR count). The van der Waals surface area contributed by atoms with E-state index in [2.05, 4.69) is 17.3 Å². The number of nitrogens with zero attached hydrogens (tertiary/aromatic N) is 2. The molecule has 0 bridgehead atoms. The van der Waals surface area contributed by atoms with Gasteiger partial charge in [0.15, 0.2) is 0 Å². The van der Waals surface area contributed by atoms with E-state index in [1.165, 1.54) is 12.8 Å². The molecule has 0 aliphatic carbocycles. The first kappa shape index (κ1) is 15.3. The molecule has 2 heterocycles. The van der Waals surface area contributed by atoms with Gasteiger partial charge in [-0.1, -0.05) is 13.3 Å². The maximum atomic E-state index is 12.3. The van der Waals surface area contributed by atoms with Crippen LogP contribution in [0.2, 0.25) is 0 Å². The molecule has 0 aromatic carbocycles. The minimum absolute atomic E-state index is 0.00794. The molecule has 2 aliphatic heterocycles. The first-order chi connectivity index (χ1) is 9.60. The zero-order valence-electron chi connectivity index (χ0n) is 12.7. The van der Waals surface area contributed by atoms with Crippen molar-refractivity contribution in [2.45, 2.75) is 45.1 Å². The van der Waals surface area contributed by atoms with Crippen molar-refractivity contribution >= 4 is 11.8 Å². The average Bonchev–Trinajstić information content (AvgIpc) is 2.43. The van der Waals surface area contributed by atoms with Gasteiger partial charge >= 0.3 is 0 Å². The highest BCUT2D eigenvalue weighted by atomic mass is 16.2. The lowest BCUT2D eigenvalue weighted by Gasteiger charge is -2.34. The van der Waals surface area contributed by atoms with Crippen LogP contribution in [0.3, 0.4) is 0 Å². The van der Waals surface area contributed by atoms with Crippen molar-refractivity contribution in [3.05, 3.63) is 0 Å². The number of amides is 2. The molecule has 114 valence electrons. The Morgan fingerprint density at radius 3 is 2.55 bits per heavy atom. The van der Waals surface area contributed by atoms with E-state index in [9.17, 15) is 9.59 Å². The molecule has 1 atom stereocenters. The second-order valence-corrected chi connectivity index (χ2v) is 6.20. The number of carbonyl (C=O) groups excluding carboxylic acids is 2. The minimum atomic E-state index is -0.293. The third-order valence-electron chi connectivity index (χ3n) is 4.50. The zero-order valence-corrected chi connectivity index (χ0v) is 12.7. The van der Waals surface area contributed by atoms with E-state index in [0.29, 0.717) is 5.92 Å². The topological polar surface area (TPSA) is 52.7 Å². The third-order valence-corrected chi connectivity index (χ3v) is 4.50. The maximum absolute atomic E-state index is 12.3. The van der Waals surface area contributed by atoms with Crippen LogP contribution in [0.1, 0.15) is 39.0 Å². The van der Waals surface area contributed by atoms with Crippen molar-refractivity contribution in [2.24, 2.45) is 5.92 Å². The number of rotatable bonds is 5. The summed E-state index contributed by atoms with van der Waals surface area (Å²) in [7, 11) is 2.16. The Morgan fingerprint density at radius 1 is 1.20 bits per heavy atom. The molecule has 0 aromatic rings. The van der Waals surface area contributed by atoms with Gasteiger partial charge in [-0.2, -0.15) is 0 Å². The first-order valence-corrected chi connectivity index (χ1v) is 7.86. The first-order valence-electron chi connectivity index (χ1n) is 7.86. The highest BCUT2D eigenvalue weighted by Crippen LogP contribution is 2.20. The molecule has 1 N–H and O–H groups in total. The van der Waals surface area contributed by atoms with Crippen LogP contribution < -0.4 is 5.32 Å². The van der Waals surface area contributed by atoms with Crippen LogP contribution in [0.5, 0.6) is 0 Å². The second kappa shape index (κ2) is 7.07. The van der Waals surface area contributed by atoms with Crippen molar-refractivity contribution in [3.8, 4) is 0 Å². The molecule has 2 amide bonds. The van der Waals surface area contributed by atoms with E-state index < -0.39 is 0 Å². The molecule has 0 spiro atoms. The standard InChI is InChI=1S/C15H27N3O2/c1-3-4-13-15(20)18(11-14(19)16-13)10-7-12-5-8-17(2)9-6-12/h12-13H,3-11H2,1-2H3,(H,16,19). The molecule has 0 aromatic heterocycles. The highest BCUT2D eigenvalue weighted by molar-refractivity contribution is 5.94. The molecular formula is C15H27N3O2. The summed E-state index contributed by atoms with van der Waals surface area (Å²) in [6, 6.07) is -0.293. The van der Waals surface area contributed by atoms with Crippen LogP contribution in [0.4, 0.5) is 0 Å². The van der Waals surface area contributed by atoms with Crippen LogP contribution in [0, 0.1) is 5.92 Å². The van der Waals surface area contributed by atoms with Gasteiger partial charge in [-0.05, 0) is 51.7 Å².